The Bertz CT molecular complexity index is 390. The summed E-state index contributed by atoms with van der Waals surface area (Å²) < 4.78 is 0. The number of allylic oxidation sites excluding steroid dienone is 1. The molecular weight excluding hydrogens is 314 g/mol. The van der Waals surface area contributed by atoms with Crippen LogP contribution in [0.3, 0.4) is 0 Å². The highest BCUT2D eigenvalue weighted by Gasteiger charge is 1.94. The fraction of sp³-hybridized carbons (Fsp3) is 0.760. The monoisotopic (exact) mass is 359 g/mol. The van der Waals surface area contributed by atoms with Gasteiger partial charge in [-0.25, -0.2) is 0 Å². The SMILES string of the molecule is CCCCCCCCCCCCCCCCCCCC=Cc1ccc[nH]1. The van der Waals surface area contributed by atoms with Crippen LogP contribution in [0.4, 0.5) is 0 Å². The van der Waals surface area contributed by atoms with Gasteiger partial charge in [-0.05, 0) is 31.1 Å². The summed E-state index contributed by atoms with van der Waals surface area (Å²) in [5.74, 6) is 0. The van der Waals surface area contributed by atoms with Crippen molar-refractivity contribution >= 4 is 6.08 Å². The first-order valence-electron chi connectivity index (χ1n) is 11.7. The Labute approximate surface area is 164 Å². The molecule has 1 rings (SSSR count). The molecule has 0 amide bonds. The van der Waals surface area contributed by atoms with E-state index in [4.69, 9.17) is 0 Å². The number of rotatable bonds is 19. The van der Waals surface area contributed by atoms with Crippen molar-refractivity contribution in [3.63, 3.8) is 0 Å². The lowest BCUT2D eigenvalue weighted by molar-refractivity contribution is 0.527. The Morgan fingerprint density at radius 1 is 0.654 bits per heavy atom. The van der Waals surface area contributed by atoms with Crippen LogP contribution in [0.15, 0.2) is 24.4 Å². The molecule has 1 heterocycles. The second-order valence-electron chi connectivity index (χ2n) is 7.97. The van der Waals surface area contributed by atoms with Gasteiger partial charge in [-0.2, -0.15) is 0 Å². The van der Waals surface area contributed by atoms with E-state index in [0.29, 0.717) is 0 Å². The van der Waals surface area contributed by atoms with Crippen LogP contribution in [0, 0.1) is 0 Å². The molecule has 1 nitrogen and oxygen atoms in total. The van der Waals surface area contributed by atoms with E-state index in [9.17, 15) is 0 Å². The van der Waals surface area contributed by atoms with Crippen molar-refractivity contribution in [2.45, 2.75) is 122 Å². The first-order chi connectivity index (χ1) is 12.9. The van der Waals surface area contributed by atoms with Gasteiger partial charge in [0.05, 0.1) is 0 Å². The van der Waals surface area contributed by atoms with Crippen LogP contribution >= 0.6 is 0 Å². The van der Waals surface area contributed by atoms with Gasteiger partial charge in [0.25, 0.3) is 0 Å². The summed E-state index contributed by atoms with van der Waals surface area (Å²) in [5, 5.41) is 0. The van der Waals surface area contributed by atoms with E-state index in [1.807, 2.05) is 6.20 Å². The third kappa shape index (κ3) is 15.3. The van der Waals surface area contributed by atoms with Crippen LogP contribution in [-0.4, -0.2) is 4.98 Å². The largest absolute Gasteiger partial charge is 0.362 e. The van der Waals surface area contributed by atoms with Gasteiger partial charge in [-0.1, -0.05) is 116 Å². The first kappa shape index (κ1) is 23.1. The molecule has 0 bridgehead atoms. The van der Waals surface area contributed by atoms with Crippen LogP contribution < -0.4 is 0 Å². The molecule has 1 aromatic rings. The second kappa shape index (κ2) is 18.8. The molecule has 1 heteroatoms. The van der Waals surface area contributed by atoms with Crippen LogP contribution in [0.1, 0.15) is 128 Å². The molecular formula is C25H45N. The third-order valence-electron chi connectivity index (χ3n) is 5.39. The van der Waals surface area contributed by atoms with Crippen molar-refractivity contribution in [2.75, 3.05) is 0 Å². The number of unbranched alkanes of at least 4 members (excludes halogenated alkanes) is 17. The zero-order valence-corrected chi connectivity index (χ0v) is 17.6. The van der Waals surface area contributed by atoms with Gasteiger partial charge >= 0.3 is 0 Å². The molecule has 150 valence electrons. The van der Waals surface area contributed by atoms with Crippen molar-refractivity contribution in [1.29, 1.82) is 0 Å². The van der Waals surface area contributed by atoms with Crippen molar-refractivity contribution < 1.29 is 0 Å². The predicted octanol–water partition coefficient (Wildman–Crippen LogP) is 9.07. The van der Waals surface area contributed by atoms with Gasteiger partial charge in [0.15, 0.2) is 0 Å². The van der Waals surface area contributed by atoms with Gasteiger partial charge in [0.1, 0.15) is 0 Å². The Hall–Kier alpha value is -0.980. The number of hydrogen-bond acceptors (Lipinski definition) is 0. The zero-order valence-electron chi connectivity index (χ0n) is 17.6. The summed E-state index contributed by atoms with van der Waals surface area (Å²) in [6.07, 6.45) is 32.3. The van der Waals surface area contributed by atoms with Gasteiger partial charge in [0.2, 0.25) is 0 Å². The maximum atomic E-state index is 3.21. The molecule has 0 fully saturated rings. The molecule has 1 aromatic heterocycles. The molecule has 0 aliphatic carbocycles. The lowest BCUT2D eigenvalue weighted by Crippen LogP contribution is -1.83. The first-order valence-corrected chi connectivity index (χ1v) is 11.7. The average Bonchev–Trinajstić information content (AvgIpc) is 3.17. The summed E-state index contributed by atoms with van der Waals surface area (Å²) in [4.78, 5) is 3.21. The maximum Gasteiger partial charge on any atom is 0.0377 e. The standard InChI is InChI=1S/C25H45N/c1-2-3-4-5-6-7-8-9-10-11-12-13-14-15-16-17-18-19-20-22-25-23-21-24-26-25/h20-24,26H,2-19H2,1H3. The van der Waals surface area contributed by atoms with Gasteiger partial charge in [-0.3, -0.25) is 0 Å². The highest BCUT2D eigenvalue weighted by molar-refractivity contribution is 5.43. The minimum atomic E-state index is 1.22. The quantitative estimate of drug-likeness (QED) is 0.237. The van der Waals surface area contributed by atoms with Crippen molar-refractivity contribution in [3.8, 4) is 0 Å². The normalized spacial score (nSPS) is 11.6. The lowest BCUT2D eigenvalue weighted by Gasteiger charge is -2.03. The Balaban J connectivity index is 1.68. The van der Waals surface area contributed by atoms with E-state index in [-0.39, 0.29) is 0 Å². The van der Waals surface area contributed by atoms with E-state index in [1.165, 1.54) is 121 Å². The fourth-order valence-corrected chi connectivity index (χ4v) is 3.65. The summed E-state index contributed by atoms with van der Waals surface area (Å²) in [6, 6.07) is 4.17. The van der Waals surface area contributed by atoms with Crippen molar-refractivity contribution in [2.24, 2.45) is 0 Å². The summed E-state index contributed by atoms with van der Waals surface area (Å²) in [7, 11) is 0. The van der Waals surface area contributed by atoms with Crippen LogP contribution in [0.25, 0.3) is 6.08 Å². The minimum absolute atomic E-state index is 1.22. The molecule has 0 radical (unpaired) electrons. The third-order valence-corrected chi connectivity index (χ3v) is 5.39. The Morgan fingerprint density at radius 2 is 1.12 bits per heavy atom. The molecule has 1 N–H and O–H groups in total. The topological polar surface area (TPSA) is 15.8 Å². The van der Waals surface area contributed by atoms with E-state index in [2.05, 4.69) is 36.2 Å². The molecule has 0 saturated carbocycles. The Kier molecular flexibility index (Phi) is 16.7. The molecule has 0 unspecified atom stereocenters. The van der Waals surface area contributed by atoms with E-state index < -0.39 is 0 Å². The average molecular weight is 360 g/mol. The van der Waals surface area contributed by atoms with Crippen molar-refractivity contribution in [1.82, 2.24) is 4.98 Å². The van der Waals surface area contributed by atoms with Gasteiger partial charge < -0.3 is 4.98 Å². The number of aromatic nitrogens is 1. The van der Waals surface area contributed by atoms with Crippen molar-refractivity contribution in [3.05, 3.63) is 30.1 Å². The van der Waals surface area contributed by atoms with Gasteiger partial charge in [0, 0.05) is 11.9 Å². The van der Waals surface area contributed by atoms with Crippen LogP contribution in [0.5, 0.6) is 0 Å². The summed E-state index contributed by atoms with van der Waals surface area (Å²) >= 11 is 0. The van der Waals surface area contributed by atoms with Crippen LogP contribution in [-0.2, 0) is 0 Å². The van der Waals surface area contributed by atoms with Crippen LogP contribution in [0.2, 0.25) is 0 Å². The fourth-order valence-electron chi connectivity index (χ4n) is 3.65. The highest BCUT2D eigenvalue weighted by Crippen LogP contribution is 2.14. The molecule has 0 spiro atoms. The zero-order chi connectivity index (χ0) is 18.5. The van der Waals surface area contributed by atoms with Gasteiger partial charge in [-0.15, -0.1) is 0 Å². The molecule has 26 heavy (non-hydrogen) atoms. The number of aromatic amines is 1. The summed E-state index contributed by atoms with van der Waals surface area (Å²) in [5.41, 5.74) is 1.22. The minimum Gasteiger partial charge on any atom is -0.362 e. The molecule has 0 aromatic carbocycles. The second-order valence-corrected chi connectivity index (χ2v) is 7.97. The molecule has 0 aliphatic rings. The molecule has 0 saturated heterocycles. The van der Waals surface area contributed by atoms with E-state index in [1.54, 1.807) is 0 Å². The molecule has 0 aliphatic heterocycles. The predicted molar refractivity (Wildman–Crippen MR) is 119 cm³/mol. The number of H-pyrrole nitrogens is 1. The smallest absolute Gasteiger partial charge is 0.0377 e. The lowest BCUT2D eigenvalue weighted by atomic mass is 10.0. The Morgan fingerprint density at radius 3 is 1.54 bits per heavy atom. The maximum absolute atomic E-state index is 3.21. The van der Waals surface area contributed by atoms with E-state index in [0.717, 1.165) is 0 Å². The summed E-state index contributed by atoms with van der Waals surface area (Å²) in [6.45, 7) is 2.30. The van der Waals surface area contributed by atoms with E-state index >= 15 is 0 Å². The number of hydrogen-bond donors (Lipinski definition) is 1. The highest BCUT2D eigenvalue weighted by atomic mass is 14.7. The number of nitrogens with one attached hydrogen (secondary N) is 1. The molecule has 0 atom stereocenters.